The number of ether oxygens (including phenoxy) is 1. The molecule has 0 amide bonds. The van der Waals surface area contributed by atoms with Crippen molar-refractivity contribution < 1.29 is 9.53 Å². The van der Waals surface area contributed by atoms with Gasteiger partial charge in [0.15, 0.2) is 0 Å². The Kier molecular flexibility index (Phi) is 4.95. The van der Waals surface area contributed by atoms with E-state index < -0.39 is 0 Å². The van der Waals surface area contributed by atoms with Crippen LogP contribution in [0.15, 0.2) is 16.9 Å². The lowest BCUT2D eigenvalue weighted by molar-refractivity contribution is -0.143. The summed E-state index contributed by atoms with van der Waals surface area (Å²) in [4.78, 5) is 11.5. The van der Waals surface area contributed by atoms with Gasteiger partial charge in [-0.1, -0.05) is 13.8 Å². The molecule has 16 heavy (non-hydrogen) atoms. The van der Waals surface area contributed by atoms with Crippen LogP contribution in [0.5, 0.6) is 0 Å². The van der Waals surface area contributed by atoms with Crippen LogP contribution >= 0.6 is 15.9 Å². The Balaban J connectivity index is 2.66. The minimum atomic E-state index is -0.378. The van der Waals surface area contributed by atoms with E-state index in [1.807, 2.05) is 20.0 Å². The molecule has 0 bridgehead atoms. The van der Waals surface area contributed by atoms with E-state index in [0.717, 1.165) is 4.47 Å². The number of carbonyl (C=O) groups is 1. The van der Waals surface area contributed by atoms with Crippen molar-refractivity contribution in [3.63, 3.8) is 0 Å². The molecule has 0 saturated heterocycles. The molecule has 1 rings (SSSR count). The zero-order chi connectivity index (χ0) is 12.1. The topological polar surface area (TPSA) is 56.2 Å². The maximum Gasteiger partial charge on any atom is 0.324 e. The summed E-state index contributed by atoms with van der Waals surface area (Å²) < 4.78 is 7.32. The molecular weight excluding hydrogens is 274 g/mol. The molecule has 0 aliphatic heterocycles. The smallest absolute Gasteiger partial charge is 0.324 e. The minimum absolute atomic E-state index is 0.211. The van der Waals surface area contributed by atoms with Crippen molar-refractivity contribution in [1.82, 2.24) is 15.1 Å². The fourth-order valence-corrected chi connectivity index (χ4v) is 1.69. The first kappa shape index (κ1) is 13.2. The van der Waals surface area contributed by atoms with Crippen molar-refractivity contribution in [1.29, 1.82) is 0 Å². The van der Waals surface area contributed by atoms with Gasteiger partial charge >= 0.3 is 5.97 Å². The summed E-state index contributed by atoms with van der Waals surface area (Å²) in [7, 11) is 1.39. The molecule has 0 saturated carbocycles. The number of methoxy groups -OCH3 is 1. The van der Waals surface area contributed by atoms with E-state index in [2.05, 4.69) is 26.3 Å². The second-order valence-electron chi connectivity index (χ2n) is 3.78. The van der Waals surface area contributed by atoms with E-state index in [4.69, 9.17) is 4.74 Å². The van der Waals surface area contributed by atoms with Crippen LogP contribution in [0.25, 0.3) is 0 Å². The molecule has 1 aromatic rings. The van der Waals surface area contributed by atoms with E-state index in [-0.39, 0.29) is 18.1 Å². The van der Waals surface area contributed by atoms with Gasteiger partial charge in [-0.3, -0.25) is 9.48 Å². The normalized spacial score (nSPS) is 12.8. The summed E-state index contributed by atoms with van der Waals surface area (Å²) in [6.45, 7) is 4.42. The fraction of sp³-hybridized carbons (Fsp3) is 0.600. The third-order valence-electron chi connectivity index (χ3n) is 1.99. The monoisotopic (exact) mass is 289 g/mol. The number of aromatic nitrogens is 2. The van der Waals surface area contributed by atoms with Crippen LogP contribution in [0.2, 0.25) is 0 Å². The van der Waals surface area contributed by atoms with E-state index in [9.17, 15) is 4.79 Å². The second-order valence-corrected chi connectivity index (χ2v) is 4.69. The maximum atomic E-state index is 11.5. The molecule has 0 fully saturated rings. The molecule has 5 nitrogen and oxygen atoms in total. The third kappa shape index (κ3) is 3.94. The Labute approximate surface area is 103 Å². The van der Waals surface area contributed by atoms with Crippen LogP contribution in [-0.4, -0.2) is 34.9 Å². The Hall–Kier alpha value is -0.880. The maximum absolute atomic E-state index is 11.5. The minimum Gasteiger partial charge on any atom is -0.468 e. The quantitative estimate of drug-likeness (QED) is 0.828. The first-order chi connectivity index (χ1) is 7.52. The molecule has 0 radical (unpaired) electrons. The third-order valence-corrected chi connectivity index (χ3v) is 2.40. The predicted octanol–water partition coefficient (Wildman–Crippen LogP) is 1.19. The van der Waals surface area contributed by atoms with Crippen molar-refractivity contribution in [2.24, 2.45) is 0 Å². The van der Waals surface area contributed by atoms with E-state index in [1.165, 1.54) is 7.11 Å². The van der Waals surface area contributed by atoms with Gasteiger partial charge in [0.05, 0.1) is 24.3 Å². The van der Waals surface area contributed by atoms with Gasteiger partial charge in [0, 0.05) is 12.2 Å². The number of esters is 1. The molecule has 6 heteroatoms. The fourth-order valence-electron chi connectivity index (χ4n) is 1.37. The molecule has 1 unspecified atom stereocenters. The van der Waals surface area contributed by atoms with Crippen molar-refractivity contribution in [3.8, 4) is 0 Å². The molecule has 0 aliphatic rings. The molecule has 0 aromatic carbocycles. The second kappa shape index (κ2) is 6.00. The van der Waals surface area contributed by atoms with Crippen LogP contribution in [0.4, 0.5) is 0 Å². The molecule has 1 N–H and O–H groups in total. The first-order valence-electron chi connectivity index (χ1n) is 5.04. The summed E-state index contributed by atoms with van der Waals surface area (Å²) in [5, 5.41) is 7.24. The summed E-state index contributed by atoms with van der Waals surface area (Å²) in [6, 6.07) is -0.167. The summed E-state index contributed by atoms with van der Waals surface area (Å²) >= 11 is 3.31. The molecule has 0 aliphatic carbocycles. The van der Waals surface area contributed by atoms with Gasteiger partial charge in [0.2, 0.25) is 0 Å². The highest BCUT2D eigenvalue weighted by molar-refractivity contribution is 9.10. The van der Waals surface area contributed by atoms with Crippen LogP contribution in [0.3, 0.4) is 0 Å². The Morgan fingerprint density at radius 1 is 1.69 bits per heavy atom. The highest BCUT2D eigenvalue weighted by Gasteiger charge is 2.20. The summed E-state index contributed by atoms with van der Waals surface area (Å²) in [5.74, 6) is -0.277. The molecular formula is C10H16BrN3O2. The standard InChI is InChI=1S/C10H16BrN3O2/c1-7(2)13-9(10(15)16-3)6-14-5-8(11)4-12-14/h4-5,7,9,13H,6H2,1-3H3. The molecule has 1 atom stereocenters. The average Bonchev–Trinajstić information content (AvgIpc) is 2.61. The highest BCUT2D eigenvalue weighted by atomic mass is 79.9. The van der Waals surface area contributed by atoms with Crippen LogP contribution in [-0.2, 0) is 16.1 Å². The van der Waals surface area contributed by atoms with Gasteiger partial charge in [-0.05, 0) is 15.9 Å². The number of hydrogen-bond acceptors (Lipinski definition) is 4. The average molecular weight is 290 g/mol. The predicted molar refractivity (Wildman–Crippen MR) is 64.0 cm³/mol. The zero-order valence-electron chi connectivity index (χ0n) is 9.61. The Morgan fingerprint density at radius 3 is 2.81 bits per heavy atom. The lowest BCUT2D eigenvalue weighted by Crippen LogP contribution is -2.44. The van der Waals surface area contributed by atoms with Gasteiger partial charge in [0.25, 0.3) is 0 Å². The van der Waals surface area contributed by atoms with E-state index in [1.54, 1.807) is 10.9 Å². The van der Waals surface area contributed by atoms with Gasteiger partial charge in [0.1, 0.15) is 6.04 Å². The molecule has 90 valence electrons. The van der Waals surface area contributed by atoms with Crippen LogP contribution < -0.4 is 5.32 Å². The number of rotatable bonds is 5. The van der Waals surface area contributed by atoms with Crippen LogP contribution in [0, 0.1) is 0 Å². The number of nitrogens with zero attached hydrogens (tertiary/aromatic N) is 2. The molecule has 1 heterocycles. The van der Waals surface area contributed by atoms with Crippen molar-refractivity contribution in [2.75, 3.05) is 7.11 Å². The van der Waals surface area contributed by atoms with Crippen LogP contribution in [0.1, 0.15) is 13.8 Å². The van der Waals surface area contributed by atoms with Gasteiger partial charge < -0.3 is 10.1 Å². The van der Waals surface area contributed by atoms with Crippen molar-refractivity contribution in [3.05, 3.63) is 16.9 Å². The lowest BCUT2D eigenvalue weighted by Gasteiger charge is -2.18. The number of halogens is 1. The number of carbonyl (C=O) groups excluding carboxylic acids is 1. The zero-order valence-corrected chi connectivity index (χ0v) is 11.2. The van der Waals surface area contributed by atoms with Crippen molar-refractivity contribution >= 4 is 21.9 Å². The number of hydrogen-bond donors (Lipinski definition) is 1. The first-order valence-corrected chi connectivity index (χ1v) is 5.84. The van der Waals surface area contributed by atoms with Gasteiger partial charge in [-0.15, -0.1) is 0 Å². The van der Waals surface area contributed by atoms with Gasteiger partial charge in [-0.2, -0.15) is 5.10 Å². The van der Waals surface area contributed by atoms with Crippen molar-refractivity contribution in [2.45, 2.75) is 32.5 Å². The summed E-state index contributed by atoms with van der Waals surface area (Å²) in [6.07, 6.45) is 3.50. The Bertz CT molecular complexity index is 352. The lowest BCUT2D eigenvalue weighted by atomic mass is 10.2. The molecule has 1 aromatic heterocycles. The SMILES string of the molecule is COC(=O)C(Cn1cc(Br)cn1)NC(C)C. The largest absolute Gasteiger partial charge is 0.468 e. The van der Waals surface area contributed by atoms with Gasteiger partial charge in [-0.25, -0.2) is 0 Å². The van der Waals surface area contributed by atoms with E-state index >= 15 is 0 Å². The summed E-state index contributed by atoms with van der Waals surface area (Å²) in [5.41, 5.74) is 0. The highest BCUT2D eigenvalue weighted by Crippen LogP contribution is 2.07. The Morgan fingerprint density at radius 2 is 2.38 bits per heavy atom. The molecule has 0 spiro atoms. The van der Waals surface area contributed by atoms with E-state index in [0.29, 0.717) is 6.54 Å². The number of nitrogens with one attached hydrogen (secondary N) is 1.